The van der Waals surface area contributed by atoms with Gasteiger partial charge in [0.2, 0.25) is 0 Å². The Kier molecular flexibility index (Phi) is 7.13. The second kappa shape index (κ2) is 8.62. The normalized spacial score (nSPS) is 12.0. The zero-order valence-electron chi connectivity index (χ0n) is 13.1. The van der Waals surface area contributed by atoms with Crippen molar-refractivity contribution in [2.75, 3.05) is 13.2 Å². The number of ether oxygens (including phenoxy) is 2. The van der Waals surface area contributed by atoms with Crippen LogP contribution < -0.4 is 9.47 Å². The molecular formula is C17H26O3. The quantitative estimate of drug-likeness (QED) is 0.673. The van der Waals surface area contributed by atoms with Gasteiger partial charge in [-0.2, -0.15) is 0 Å². The molecular weight excluding hydrogens is 252 g/mol. The van der Waals surface area contributed by atoms with E-state index < -0.39 is 0 Å². The molecule has 112 valence electrons. The molecule has 0 aliphatic rings. The molecule has 0 spiro atoms. The average molecular weight is 278 g/mol. The highest BCUT2D eigenvalue weighted by Gasteiger charge is 2.16. The summed E-state index contributed by atoms with van der Waals surface area (Å²) >= 11 is 0. The molecule has 0 aliphatic heterocycles. The Hall–Kier alpha value is -1.51. The van der Waals surface area contributed by atoms with Crippen LogP contribution in [0.1, 0.15) is 58.4 Å². The van der Waals surface area contributed by atoms with Gasteiger partial charge >= 0.3 is 0 Å². The number of carbonyl (C=O) groups excluding carboxylic acids is 1. The van der Waals surface area contributed by atoms with Crippen LogP contribution in [0.25, 0.3) is 0 Å². The van der Waals surface area contributed by atoms with E-state index in [2.05, 4.69) is 13.8 Å². The first-order valence-corrected chi connectivity index (χ1v) is 7.56. The predicted molar refractivity (Wildman–Crippen MR) is 81.7 cm³/mol. The summed E-state index contributed by atoms with van der Waals surface area (Å²) < 4.78 is 11.4. The molecule has 3 heteroatoms. The van der Waals surface area contributed by atoms with E-state index in [4.69, 9.17) is 9.47 Å². The van der Waals surface area contributed by atoms with Crippen molar-refractivity contribution in [1.82, 2.24) is 0 Å². The smallest absolute Gasteiger partial charge is 0.161 e. The highest BCUT2D eigenvalue weighted by atomic mass is 16.5. The van der Waals surface area contributed by atoms with Crippen molar-refractivity contribution in [2.24, 2.45) is 0 Å². The molecule has 1 atom stereocenters. The molecule has 20 heavy (non-hydrogen) atoms. The van der Waals surface area contributed by atoms with Crippen LogP contribution in [-0.2, 0) is 4.79 Å². The summed E-state index contributed by atoms with van der Waals surface area (Å²) in [6.45, 7) is 9.30. The maximum Gasteiger partial charge on any atom is 0.161 e. The maximum atomic E-state index is 11.8. The lowest BCUT2D eigenvalue weighted by atomic mass is 9.95. The SMILES string of the molecule is CCCOc1ccc(C(C)C(=O)CC)cc1OCCC. The molecule has 0 fully saturated rings. The monoisotopic (exact) mass is 278 g/mol. The van der Waals surface area contributed by atoms with Gasteiger partial charge in [-0.15, -0.1) is 0 Å². The largest absolute Gasteiger partial charge is 0.490 e. The molecule has 0 aromatic heterocycles. The van der Waals surface area contributed by atoms with Gasteiger partial charge in [-0.05, 0) is 30.5 Å². The summed E-state index contributed by atoms with van der Waals surface area (Å²) in [6, 6.07) is 5.82. The topological polar surface area (TPSA) is 35.5 Å². The van der Waals surface area contributed by atoms with Gasteiger partial charge in [0, 0.05) is 12.3 Å². The molecule has 0 saturated heterocycles. The summed E-state index contributed by atoms with van der Waals surface area (Å²) in [4.78, 5) is 11.8. The predicted octanol–water partition coefficient (Wildman–Crippen LogP) is 4.35. The number of rotatable bonds is 9. The van der Waals surface area contributed by atoms with Crippen LogP contribution in [0.15, 0.2) is 18.2 Å². The summed E-state index contributed by atoms with van der Waals surface area (Å²) in [5.74, 6) is 1.66. The van der Waals surface area contributed by atoms with Crippen molar-refractivity contribution in [1.29, 1.82) is 0 Å². The Bertz CT molecular complexity index is 426. The zero-order chi connectivity index (χ0) is 15.0. The van der Waals surface area contributed by atoms with Crippen LogP contribution in [0.3, 0.4) is 0 Å². The first kappa shape index (κ1) is 16.5. The number of ketones is 1. The Morgan fingerprint density at radius 2 is 1.65 bits per heavy atom. The fourth-order valence-corrected chi connectivity index (χ4v) is 1.94. The standard InChI is InChI=1S/C17H26O3/c1-5-10-19-16-9-8-14(13(4)15(18)7-3)12-17(16)20-11-6-2/h8-9,12-13H,5-7,10-11H2,1-4H3. The molecule has 3 nitrogen and oxygen atoms in total. The fourth-order valence-electron chi connectivity index (χ4n) is 1.94. The highest BCUT2D eigenvalue weighted by molar-refractivity contribution is 5.85. The lowest BCUT2D eigenvalue weighted by Gasteiger charge is -2.16. The van der Waals surface area contributed by atoms with Crippen LogP contribution in [0.4, 0.5) is 0 Å². The average Bonchev–Trinajstić information content (AvgIpc) is 2.49. The van der Waals surface area contributed by atoms with E-state index in [1.165, 1.54) is 0 Å². The number of hydrogen-bond donors (Lipinski definition) is 0. The van der Waals surface area contributed by atoms with E-state index in [0.717, 1.165) is 29.9 Å². The molecule has 1 aromatic rings. The Balaban J connectivity index is 2.96. The van der Waals surface area contributed by atoms with Gasteiger partial charge in [0.05, 0.1) is 13.2 Å². The zero-order valence-corrected chi connectivity index (χ0v) is 13.1. The molecule has 0 heterocycles. The minimum absolute atomic E-state index is 0.0933. The molecule has 0 aliphatic carbocycles. The van der Waals surface area contributed by atoms with Crippen molar-refractivity contribution in [3.05, 3.63) is 23.8 Å². The van der Waals surface area contributed by atoms with Gasteiger partial charge in [0.1, 0.15) is 5.78 Å². The summed E-state index contributed by atoms with van der Waals surface area (Å²) in [6.07, 6.45) is 2.46. The summed E-state index contributed by atoms with van der Waals surface area (Å²) in [7, 11) is 0. The van der Waals surface area contributed by atoms with Crippen LogP contribution >= 0.6 is 0 Å². The van der Waals surface area contributed by atoms with Gasteiger partial charge in [-0.3, -0.25) is 4.79 Å². The molecule has 0 bridgehead atoms. The van der Waals surface area contributed by atoms with Crippen molar-refractivity contribution >= 4 is 5.78 Å². The summed E-state index contributed by atoms with van der Waals surface area (Å²) in [5, 5.41) is 0. The van der Waals surface area contributed by atoms with Crippen molar-refractivity contribution < 1.29 is 14.3 Å². The van der Waals surface area contributed by atoms with E-state index in [1.54, 1.807) is 0 Å². The first-order valence-electron chi connectivity index (χ1n) is 7.56. The van der Waals surface area contributed by atoms with Gasteiger partial charge < -0.3 is 9.47 Å². The molecule has 1 rings (SSSR count). The van der Waals surface area contributed by atoms with Crippen LogP contribution in [-0.4, -0.2) is 19.0 Å². The van der Waals surface area contributed by atoms with E-state index in [-0.39, 0.29) is 11.7 Å². The van der Waals surface area contributed by atoms with Crippen LogP contribution in [0, 0.1) is 0 Å². The maximum absolute atomic E-state index is 11.8. The van der Waals surface area contributed by atoms with Crippen molar-refractivity contribution in [3.8, 4) is 11.5 Å². The Morgan fingerprint density at radius 3 is 2.20 bits per heavy atom. The summed E-state index contributed by atoms with van der Waals surface area (Å²) in [5.41, 5.74) is 0.992. The molecule has 1 aromatic carbocycles. The number of benzene rings is 1. The van der Waals surface area contributed by atoms with E-state index in [9.17, 15) is 4.79 Å². The third-order valence-corrected chi connectivity index (χ3v) is 3.22. The van der Waals surface area contributed by atoms with E-state index >= 15 is 0 Å². The first-order chi connectivity index (χ1) is 9.63. The van der Waals surface area contributed by atoms with Gasteiger partial charge in [0.25, 0.3) is 0 Å². The highest BCUT2D eigenvalue weighted by Crippen LogP contribution is 2.32. The number of carbonyl (C=O) groups is 1. The minimum atomic E-state index is -0.0933. The van der Waals surface area contributed by atoms with Gasteiger partial charge in [0.15, 0.2) is 11.5 Å². The fraction of sp³-hybridized carbons (Fsp3) is 0.588. The number of hydrogen-bond acceptors (Lipinski definition) is 3. The van der Waals surface area contributed by atoms with E-state index in [0.29, 0.717) is 19.6 Å². The molecule has 0 saturated carbocycles. The Morgan fingerprint density at radius 1 is 1.05 bits per heavy atom. The van der Waals surface area contributed by atoms with Crippen LogP contribution in [0.2, 0.25) is 0 Å². The molecule has 0 N–H and O–H groups in total. The van der Waals surface area contributed by atoms with Gasteiger partial charge in [-0.1, -0.05) is 33.8 Å². The van der Waals surface area contributed by atoms with Gasteiger partial charge in [-0.25, -0.2) is 0 Å². The molecule has 0 amide bonds. The van der Waals surface area contributed by atoms with Crippen LogP contribution in [0.5, 0.6) is 11.5 Å². The Labute approximate surface area is 122 Å². The second-order valence-electron chi connectivity index (χ2n) is 4.94. The van der Waals surface area contributed by atoms with Crippen molar-refractivity contribution in [2.45, 2.75) is 52.9 Å². The second-order valence-corrected chi connectivity index (χ2v) is 4.94. The third-order valence-electron chi connectivity index (χ3n) is 3.22. The molecule has 1 unspecified atom stereocenters. The number of Topliss-reactive ketones (excluding diaryl/α,β-unsaturated/α-hetero) is 1. The van der Waals surface area contributed by atoms with Crippen molar-refractivity contribution in [3.63, 3.8) is 0 Å². The van der Waals surface area contributed by atoms with E-state index in [1.807, 2.05) is 32.0 Å². The third kappa shape index (κ3) is 4.55. The minimum Gasteiger partial charge on any atom is -0.490 e. The lowest BCUT2D eigenvalue weighted by molar-refractivity contribution is -0.119. The lowest BCUT2D eigenvalue weighted by Crippen LogP contribution is -2.08. The molecule has 0 radical (unpaired) electrons.